The fourth-order valence-corrected chi connectivity index (χ4v) is 3.91. The molecular formula is C21H19ClN4O2. The van der Waals surface area contributed by atoms with E-state index in [1.54, 1.807) is 23.9 Å². The zero-order chi connectivity index (χ0) is 19.5. The van der Waals surface area contributed by atoms with Crippen LogP contribution in [-0.2, 0) is 19.3 Å². The van der Waals surface area contributed by atoms with Gasteiger partial charge in [-0.05, 0) is 66.6 Å². The number of nitrogens with one attached hydrogen (secondary N) is 1. The summed E-state index contributed by atoms with van der Waals surface area (Å²) in [7, 11) is 0. The number of aryl methyl sites for hydroxylation is 1. The Labute approximate surface area is 167 Å². The van der Waals surface area contributed by atoms with Crippen LogP contribution in [0.3, 0.4) is 0 Å². The van der Waals surface area contributed by atoms with Gasteiger partial charge in [-0.1, -0.05) is 17.7 Å². The number of hydroxylamine groups is 1. The molecule has 0 radical (unpaired) electrons. The highest BCUT2D eigenvalue weighted by Crippen LogP contribution is 2.29. The number of carbonyl (C=O) groups is 1. The molecule has 0 aliphatic heterocycles. The third-order valence-corrected chi connectivity index (χ3v) is 5.41. The summed E-state index contributed by atoms with van der Waals surface area (Å²) in [5, 5.41) is 9.27. The first kappa shape index (κ1) is 18.5. The second-order valence-electron chi connectivity index (χ2n) is 6.94. The number of hydrogen-bond acceptors (Lipinski definition) is 5. The van der Waals surface area contributed by atoms with Crippen molar-refractivity contribution in [3.05, 3.63) is 76.5 Å². The van der Waals surface area contributed by atoms with Crippen molar-refractivity contribution in [3.63, 3.8) is 0 Å². The lowest BCUT2D eigenvalue weighted by atomic mass is 9.81. The van der Waals surface area contributed by atoms with Gasteiger partial charge in [0.1, 0.15) is 11.0 Å². The minimum Gasteiger partial charge on any atom is -0.288 e. The van der Waals surface area contributed by atoms with Gasteiger partial charge in [0.15, 0.2) is 0 Å². The number of amides is 1. The summed E-state index contributed by atoms with van der Waals surface area (Å²) in [5.74, 6) is 0.670. The minimum absolute atomic E-state index is 0.388. The molecule has 142 valence electrons. The van der Waals surface area contributed by atoms with Crippen LogP contribution in [0.2, 0.25) is 5.15 Å². The highest BCUT2D eigenvalue weighted by atomic mass is 35.5. The average molecular weight is 395 g/mol. The predicted molar refractivity (Wildman–Crippen MR) is 105 cm³/mol. The molecule has 2 heterocycles. The molecule has 3 aromatic rings. The van der Waals surface area contributed by atoms with E-state index in [2.05, 4.69) is 15.0 Å². The maximum absolute atomic E-state index is 11.7. The monoisotopic (exact) mass is 394 g/mol. The van der Waals surface area contributed by atoms with Crippen LogP contribution in [0, 0.1) is 5.92 Å². The topological polar surface area (TPSA) is 88.0 Å². The van der Waals surface area contributed by atoms with E-state index in [1.165, 1.54) is 5.56 Å². The van der Waals surface area contributed by atoms with Crippen LogP contribution >= 0.6 is 11.6 Å². The number of pyridine rings is 1. The van der Waals surface area contributed by atoms with Crippen molar-refractivity contribution in [1.82, 2.24) is 20.4 Å². The Morgan fingerprint density at radius 1 is 1.18 bits per heavy atom. The second kappa shape index (κ2) is 8.04. The lowest BCUT2D eigenvalue weighted by molar-refractivity contribution is 0.0706. The summed E-state index contributed by atoms with van der Waals surface area (Å²) < 4.78 is 0. The quantitative estimate of drug-likeness (QED) is 0.400. The molecule has 1 amide bonds. The third kappa shape index (κ3) is 3.88. The summed E-state index contributed by atoms with van der Waals surface area (Å²) in [6.45, 7) is 0. The maximum atomic E-state index is 11.7. The molecule has 1 atom stereocenters. The second-order valence-corrected chi connectivity index (χ2v) is 7.30. The van der Waals surface area contributed by atoms with Crippen LogP contribution in [0.5, 0.6) is 0 Å². The first-order chi connectivity index (χ1) is 13.6. The molecule has 7 heteroatoms. The minimum atomic E-state index is -0.491. The molecule has 1 aromatic carbocycles. The molecule has 0 saturated carbocycles. The van der Waals surface area contributed by atoms with Gasteiger partial charge < -0.3 is 0 Å². The van der Waals surface area contributed by atoms with Crippen molar-refractivity contribution in [2.24, 2.45) is 5.92 Å². The van der Waals surface area contributed by atoms with E-state index in [0.29, 0.717) is 16.6 Å². The van der Waals surface area contributed by atoms with Gasteiger partial charge in [0.2, 0.25) is 0 Å². The fourth-order valence-electron chi connectivity index (χ4n) is 3.70. The molecule has 4 rings (SSSR count). The van der Waals surface area contributed by atoms with Gasteiger partial charge in [0.05, 0.1) is 5.69 Å². The van der Waals surface area contributed by atoms with Crippen LogP contribution in [0.1, 0.15) is 33.7 Å². The standard InChI is InChI=1S/C21H19ClN4O2/c22-20-17(2-1-8-24-20)18-7-9-23-19(25-18)11-13-3-4-14-5-6-15(21(27)26-28)12-16(14)10-13/h1-2,5-9,12-13,28H,3-4,10-11H2,(H,26,27). The van der Waals surface area contributed by atoms with E-state index < -0.39 is 5.91 Å². The summed E-state index contributed by atoms with van der Waals surface area (Å²) >= 11 is 6.19. The van der Waals surface area contributed by atoms with Crippen LogP contribution in [0.25, 0.3) is 11.3 Å². The zero-order valence-corrected chi connectivity index (χ0v) is 15.9. The van der Waals surface area contributed by atoms with Crippen molar-refractivity contribution in [3.8, 4) is 11.3 Å². The zero-order valence-electron chi connectivity index (χ0n) is 15.1. The third-order valence-electron chi connectivity index (χ3n) is 5.11. The van der Waals surface area contributed by atoms with Gasteiger partial charge >= 0.3 is 0 Å². The van der Waals surface area contributed by atoms with Crippen LogP contribution in [-0.4, -0.2) is 26.1 Å². The number of carbonyl (C=O) groups excluding carboxylic acids is 1. The summed E-state index contributed by atoms with van der Waals surface area (Å²) in [6, 6.07) is 11.1. The van der Waals surface area contributed by atoms with Gasteiger partial charge in [-0.2, -0.15) is 0 Å². The summed E-state index contributed by atoms with van der Waals surface area (Å²) in [4.78, 5) is 24.9. The van der Waals surface area contributed by atoms with Gasteiger partial charge in [0, 0.05) is 29.9 Å². The molecule has 2 aromatic heterocycles. The van der Waals surface area contributed by atoms with E-state index in [0.717, 1.165) is 48.3 Å². The molecule has 1 aliphatic rings. The molecule has 0 fully saturated rings. The first-order valence-corrected chi connectivity index (χ1v) is 9.51. The molecule has 6 nitrogen and oxygen atoms in total. The number of rotatable bonds is 4. The van der Waals surface area contributed by atoms with E-state index in [4.69, 9.17) is 16.8 Å². The van der Waals surface area contributed by atoms with Crippen molar-refractivity contribution in [2.45, 2.75) is 25.7 Å². The molecule has 0 bridgehead atoms. The number of aromatic nitrogens is 3. The predicted octanol–water partition coefficient (Wildman–Crippen LogP) is 3.66. The Kier molecular flexibility index (Phi) is 5.32. The van der Waals surface area contributed by atoms with Crippen LogP contribution in [0.15, 0.2) is 48.8 Å². The van der Waals surface area contributed by atoms with Gasteiger partial charge in [-0.15, -0.1) is 0 Å². The highest BCUT2D eigenvalue weighted by Gasteiger charge is 2.21. The molecule has 0 saturated heterocycles. The highest BCUT2D eigenvalue weighted by molar-refractivity contribution is 6.32. The normalized spacial score (nSPS) is 15.7. The number of nitrogens with zero attached hydrogens (tertiary/aromatic N) is 3. The Hall–Kier alpha value is -2.83. The van der Waals surface area contributed by atoms with Gasteiger partial charge in [0.25, 0.3) is 5.91 Å². The smallest absolute Gasteiger partial charge is 0.274 e. The van der Waals surface area contributed by atoms with E-state index in [1.807, 2.05) is 30.3 Å². The lowest BCUT2D eigenvalue weighted by Crippen LogP contribution is -2.21. The van der Waals surface area contributed by atoms with E-state index in [9.17, 15) is 4.79 Å². The maximum Gasteiger partial charge on any atom is 0.274 e. The molecule has 28 heavy (non-hydrogen) atoms. The molecule has 0 spiro atoms. The van der Waals surface area contributed by atoms with Gasteiger partial charge in [-0.3, -0.25) is 10.0 Å². The molecule has 1 aliphatic carbocycles. The number of benzene rings is 1. The number of hydrogen-bond donors (Lipinski definition) is 2. The van der Waals surface area contributed by atoms with E-state index in [-0.39, 0.29) is 0 Å². The average Bonchev–Trinajstić information content (AvgIpc) is 2.73. The summed E-state index contributed by atoms with van der Waals surface area (Å²) in [6.07, 6.45) is 7.00. The Bertz CT molecular complexity index is 1020. The molecule has 2 N–H and O–H groups in total. The SMILES string of the molecule is O=C(NO)c1ccc2c(c1)CC(Cc1nccc(-c3cccnc3Cl)n1)CC2. The number of fused-ring (bicyclic) bond motifs is 1. The van der Waals surface area contributed by atoms with Gasteiger partial charge in [-0.25, -0.2) is 20.4 Å². The fraction of sp³-hybridized carbons (Fsp3) is 0.238. The number of halogens is 1. The van der Waals surface area contributed by atoms with Crippen molar-refractivity contribution in [1.29, 1.82) is 0 Å². The lowest BCUT2D eigenvalue weighted by Gasteiger charge is -2.24. The van der Waals surface area contributed by atoms with Crippen molar-refractivity contribution < 1.29 is 10.0 Å². The molecular weight excluding hydrogens is 376 g/mol. The molecule has 1 unspecified atom stereocenters. The van der Waals surface area contributed by atoms with E-state index >= 15 is 0 Å². The van der Waals surface area contributed by atoms with Crippen LogP contribution < -0.4 is 5.48 Å². The largest absolute Gasteiger partial charge is 0.288 e. The summed E-state index contributed by atoms with van der Waals surface area (Å²) in [5.41, 5.74) is 6.11. The Morgan fingerprint density at radius 2 is 2.07 bits per heavy atom. The first-order valence-electron chi connectivity index (χ1n) is 9.13. The Balaban J connectivity index is 1.53. The van der Waals surface area contributed by atoms with Crippen molar-refractivity contribution >= 4 is 17.5 Å². The Morgan fingerprint density at radius 3 is 2.89 bits per heavy atom. The van der Waals surface area contributed by atoms with Crippen LogP contribution in [0.4, 0.5) is 0 Å². The van der Waals surface area contributed by atoms with Crippen molar-refractivity contribution in [2.75, 3.05) is 0 Å².